The number of rotatable bonds is 9. The van der Waals surface area contributed by atoms with Crippen molar-refractivity contribution in [1.82, 2.24) is 24.8 Å². The lowest BCUT2D eigenvalue weighted by Crippen LogP contribution is -2.25. The fourth-order valence-corrected chi connectivity index (χ4v) is 4.95. The van der Waals surface area contributed by atoms with Crippen molar-refractivity contribution in [1.29, 1.82) is 0 Å². The summed E-state index contributed by atoms with van der Waals surface area (Å²) >= 11 is 1.55. The lowest BCUT2D eigenvalue weighted by molar-refractivity contribution is 0.0953. The third-order valence-corrected chi connectivity index (χ3v) is 6.88. The van der Waals surface area contributed by atoms with Crippen molar-refractivity contribution in [2.45, 2.75) is 65.3 Å². The second-order valence-corrected chi connectivity index (χ2v) is 9.13. The van der Waals surface area contributed by atoms with E-state index < -0.39 is 0 Å². The zero-order valence-electron chi connectivity index (χ0n) is 18.9. The third kappa shape index (κ3) is 5.15. The van der Waals surface area contributed by atoms with Gasteiger partial charge in [0.05, 0.1) is 23.1 Å². The number of aromatic nitrogens is 4. The molecule has 0 fully saturated rings. The topological polar surface area (TPSA) is 72.7 Å². The molecule has 1 aliphatic carbocycles. The molecule has 1 aliphatic rings. The average Bonchev–Trinajstić information content (AvgIpc) is 3.44. The Balaban J connectivity index is 1.54. The molecule has 4 rings (SSSR count). The Bertz CT molecular complexity index is 1080. The minimum Gasteiger partial charge on any atom is -0.352 e. The van der Waals surface area contributed by atoms with Gasteiger partial charge in [0.25, 0.3) is 5.91 Å². The van der Waals surface area contributed by atoms with Gasteiger partial charge in [-0.15, -0.1) is 11.3 Å². The van der Waals surface area contributed by atoms with Crippen LogP contribution < -0.4 is 5.32 Å². The smallest absolute Gasteiger partial charge is 0.253 e. The Kier molecular flexibility index (Phi) is 7.47. The summed E-state index contributed by atoms with van der Waals surface area (Å²) in [5.74, 6) is -0.000197. The number of hydrogen-bond acceptors (Lipinski definition) is 5. The molecule has 0 unspecified atom stereocenters. The molecule has 7 heteroatoms. The number of hydrogen-bond donors (Lipinski definition) is 1. The van der Waals surface area contributed by atoms with E-state index >= 15 is 0 Å². The summed E-state index contributed by atoms with van der Waals surface area (Å²) in [5, 5.41) is 6.01. The van der Waals surface area contributed by atoms with Crippen LogP contribution in [0.2, 0.25) is 0 Å². The van der Waals surface area contributed by atoms with Crippen LogP contribution in [0.15, 0.2) is 41.7 Å². The Morgan fingerprint density at radius 1 is 1.25 bits per heavy atom. The van der Waals surface area contributed by atoms with E-state index in [0.717, 1.165) is 59.2 Å². The highest BCUT2D eigenvalue weighted by Gasteiger charge is 2.20. The molecule has 3 aromatic heterocycles. The fraction of sp³-hybridized carbons (Fsp3) is 0.440. The molecule has 0 aliphatic heterocycles. The molecule has 0 aromatic carbocycles. The molecule has 0 bridgehead atoms. The largest absolute Gasteiger partial charge is 0.352 e. The van der Waals surface area contributed by atoms with Crippen LogP contribution in [-0.4, -0.2) is 32.0 Å². The molecule has 0 saturated heterocycles. The van der Waals surface area contributed by atoms with Gasteiger partial charge in [0.1, 0.15) is 10.7 Å². The zero-order chi connectivity index (χ0) is 22.3. The summed E-state index contributed by atoms with van der Waals surface area (Å²) < 4.78 is 2.23. The van der Waals surface area contributed by atoms with Gasteiger partial charge in [-0.1, -0.05) is 25.0 Å². The number of carbonyl (C=O) groups is 1. The van der Waals surface area contributed by atoms with Crippen LogP contribution >= 0.6 is 11.3 Å². The lowest BCUT2D eigenvalue weighted by Gasteiger charge is -2.13. The Labute approximate surface area is 193 Å². The first-order valence-electron chi connectivity index (χ1n) is 11.6. The molecule has 1 amide bonds. The lowest BCUT2D eigenvalue weighted by atomic mass is 9.97. The summed E-state index contributed by atoms with van der Waals surface area (Å²) in [6.07, 6.45) is 15.4. The molecule has 32 heavy (non-hydrogen) atoms. The molecule has 168 valence electrons. The number of unbranched alkanes of at least 4 members (excludes halogenated alkanes) is 1. The van der Waals surface area contributed by atoms with Crippen LogP contribution in [0.1, 0.15) is 67.9 Å². The second kappa shape index (κ2) is 10.7. The van der Waals surface area contributed by atoms with Crippen LogP contribution in [0.5, 0.6) is 0 Å². The standard InChI is InChI=1S/C25H31N5OS/c1-3-4-14-30-18(2)20(24(31)28-11-10-19-8-6-5-7-9-19)15-23(30)22-17-32-25(29-22)21-16-26-12-13-27-21/h8,12-13,15-17H,3-7,9-11,14H2,1-2H3,(H,28,31). The molecular formula is C25H31N5OS. The summed E-state index contributed by atoms with van der Waals surface area (Å²) in [6, 6.07) is 2.00. The van der Waals surface area contributed by atoms with Gasteiger partial charge in [-0.25, -0.2) is 4.98 Å². The van der Waals surface area contributed by atoms with Crippen LogP contribution in [0, 0.1) is 6.92 Å². The van der Waals surface area contributed by atoms with Crippen LogP contribution in [0.3, 0.4) is 0 Å². The first-order chi connectivity index (χ1) is 15.7. The van der Waals surface area contributed by atoms with Gasteiger partial charge in [-0.2, -0.15) is 0 Å². The number of nitrogens with zero attached hydrogens (tertiary/aromatic N) is 4. The highest BCUT2D eigenvalue weighted by Crippen LogP contribution is 2.31. The summed E-state index contributed by atoms with van der Waals surface area (Å²) in [7, 11) is 0. The van der Waals surface area contributed by atoms with E-state index in [0.29, 0.717) is 6.54 Å². The van der Waals surface area contributed by atoms with E-state index in [1.807, 2.05) is 18.4 Å². The Morgan fingerprint density at radius 3 is 2.91 bits per heavy atom. The normalized spacial score (nSPS) is 13.8. The molecule has 6 nitrogen and oxygen atoms in total. The van der Waals surface area contributed by atoms with Crippen molar-refractivity contribution in [3.8, 4) is 22.1 Å². The monoisotopic (exact) mass is 449 g/mol. The molecule has 0 atom stereocenters. The predicted octanol–water partition coefficient (Wildman–Crippen LogP) is 5.80. The number of allylic oxidation sites excluding steroid dienone is 1. The maximum absolute atomic E-state index is 13.0. The van der Waals surface area contributed by atoms with Crippen molar-refractivity contribution in [2.75, 3.05) is 6.54 Å². The number of nitrogens with one attached hydrogen (secondary N) is 1. The molecule has 3 aromatic rings. The van der Waals surface area contributed by atoms with Crippen molar-refractivity contribution >= 4 is 17.2 Å². The average molecular weight is 450 g/mol. The maximum Gasteiger partial charge on any atom is 0.253 e. The van der Waals surface area contributed by atoms with Crippen molar-refractivity contribution in [3.63, 3.8) is 0 Å². The molecule has 3 heterocycles. The third-order valence-electron chi connectivity index (χ3n) is 6.01. The summed E-state index contributed by atoms with van der Waals surface area (Å²) in [6.45, 7) is 5.78. The van der Waals surface area contributed by atoms with E-state index in [1.54, 1.807) is 29.9 Å². The first-order valence-corrected chi connectivity index (χ1v) is 12.4. The minimum atomic E-state index is -0.000197. The van der Waals surface area contributed by atoms with E-state index in [4.69, 9.17) is 4.98 Å². The minimum absolute atomic E-state index is 0.000197. The number of thiazole rings is 1. The van der Waals surface area contributed by atoms with Gasteiger partial charge < -0.3 is 9.88 Å². The van der Waals surface area contributed by atoms with Gasteiger partial charge in [-0.3, -0.25) is 14.8 Å². The molecule has 0 radical (unpaired) electrons. The fourth-order valence-electron chi connectivity index (χ4n) is 4.17. The van der Waals surface area contributed by atoms with E-state index in [1.165, 1.54) is 31.3 Å². The highest BCUT2D eigenvalue weighted by atomic mass is 32.1. The van der Waals surface area contributed by atoms with Gasteiger partial charge in [0, 0.05) is 36.6 Å². The quantitative estimate of drug-likeness (QED) is 0.419. The molecule has 0 saturated carbocycles. The van der Waals surface area contributed by atoms with Gasteiger partial charge in [0.2, 0.25) is 0 Å². The van der Waals surface area contributed by atoms with Crippen molar-refractivity contribution < 1.29 is 4.79 Å². The Hall–Kier alpha value is -2.80. The number of carbonyl (C=O) groups excluding carboxylic acids is 1. The van der Waals surface area contributed by atoms with Crippen molar-refractivity contribution in [2.24, 2.45) is 0 Å². The maximum atomic E-state index is 13.0. The van der Waals surface area contributed by atoms with E-state index in [-0.39, 0.29) is 5.91 Å². The predicted molar refractivity (Wildman–Crippen MR) is 130 cm³/mol. The molecular weight excluding hydrogens is 418 g/mol. The van der Waals surface area contributed by atoms with Gasteiger partial charge in [-0.05, 0) is 51.5 Å². The van der Waals surface area contributed by atoms with Crippen LogP contribution in [0.25, 0.3) is 22.1 Å². The van der Waals surface area contributed by atoms with E-state index in [2.05, 4.69) is 32.9 Å². The van der Waals surface area contributed by atoms with Crippen molar-refractivity contribution in [3.05, 3.63) is 52.9 Å². The number of amides is 1. The zero-order valence-corrected chi connectivity index (χ0v) is 19.7. The summed E-state index contributed by atoms with van der Waals surface area (Å²) in [5.41, 5.74) is 5.85. The molecule has 1 N–H and O–H groups in total. The van der Waals surface area contributed by atoms with Crippen LogP contribution in [0.4, 0.5) is 0 Å². The first kappa shape index (κ1) is 22.4. The van der Waals surface area contributed by atoms with E-state index in [9.17, 15) is 4.79 Å². The SMILES string of the molecule is CCCCn1c(-c2csc(-c3cnccn3)n2)cc(C(=O)NCCC2=CCCCC2)c1C. The van der Waals surface area contributed by atoms with Gasteiger partial charge >= 0.3 is 0 Å². The van der Waals surface area contributed by atoms with Gasteiger partial charge in [0.15, 0.2) is 0 Å². The van der Waals surface area contributed by atoms with Crippen LogP contribution in [-0.2, 0) is 6.54 Å². The summed E-state index contributed by atoms with van der Waals surface area (Å²) in [4.78, 5) is 26.3. The molecule has 0 spiro atoms. The Morgan fingerprint density at radius 2 is 2.16 bits per heavy atom. The highest BCUT2D eigenvalue weighted by molar-refractivity contribution is 7.13. The second-order valence-electron chi connectivity index (χ2n) is 8.28.